The zero-order chi connectivity index (χ0) is 15.6. The van der Waals surface area contributed by atoms with Gasteiger partial charge in [0.25, 0.3) is 0 Å². The normalized spacial score (nSPS) is 19.5. The zero-order valence-electron chi connectivity index (χ0n) is 12.3. The lowest BCUT2D eigenvalue weighted by atomic mass is 9.93. The number of hydrogen-bond donors (Lipinski definition) is 1. The summed E-state index contributed by atoms with van der Waals surface area (Å²) in [6, 6.07) is 6.72. The molecule has 0 bridgehead atoms. The van der Waals surface area contributed by atoms with Gasteiger partial charge in [-0.05, 0) is 31.4 Å². The summed E-state index contributed by atoms with van der Waals surface area (Å²) in [5, 5.41) is 9.07. The van der Waals surface area contributed by atoms with Gasteiger partial charge in [-0.3, -0.25) is 9.69 Å². The van der Waals surface area contributed by atoms with Gasteiger partial charge in [0, 0.05) is 13.1 Å². The highest BCUT2D eigenvalue weighted by Gasteiger charge is 2.33. The van der Waals surface area contributed by atoms with E-state index < -0.39 is 27.1 Å². The molecule has 0 aromatic heterocycles. The van der Waals surface area contributed by atoms with Crippen LogP contribution in [-0.2, 0) is 21.1 Å². The van der Waals surface area contributed by atoms with Crippen molar-refractivity contribution >= 4 is 15.8 Å². The molecule has 1 aliphatic heterocycles. The molecule has 0 saturated carbocycles. The van der Waals surface area contributed by atoms with Crippen molar-refractivity contribution in [3.8, 4) is 0 Å². The van der Waals surface area contributed by atoms with Crippen molar-refractivity contribution in [2.24, 2.45) is 0 Å². The number of benzene rings is 1. The highest BCUT2D eigenvalue weighted by Crippen LogP contribution is 2.29. The van der Waals surface area contributed by atoms with Gasteiger partial charge in [-0.2, -0.15) is 0 Å². The first-order valence-electron chi connectivity index (χ1n) is 7.09. The Labute approximate surface area is 125 Å². The molecule has 1 atom stereocenters. The van der Waals surface area contributed by atoms with Crippen LogP contribution in [0.4, 0.5) is 0 Å². The molecule has 1 heterocycles. The van der Waals surface area contributed by atoms with Crippen LogP contribution in [0.3, 0.4) is 0 Å². The number of fused-ring (bicyclic) bond motifs is 1. The van der Waals surface area contributed by atoms with Crippen LogP contribution in [0.5, 0.6) is 0 Å². The van der Waals surface area contributed by atoms with Gasteiger partial charge in [0.05, 0.1) is 11.0 Å². The van der Waals surface area contributed by atoms with Gasteiger partial charge in [-0.25, -0.2) is 8.42 Å². The van der Waals surface area contributed by atoms with Crippen LogP contribution in [0.25, 0.3) is 0 Å². The van der Waals surface area contributed by atoms with E-state index >= 15 is 0 Å². The summed E-state index contributed by atoms with van der Waals surface area (Å²) < 4.78 is 23.8. The lowest BCUT2D eigenvalue weighted by molar-refractivity contribution is -0.143. The number of carboxylic acids is 1. The Morgan fingerprint density at radius 2 is 2.05 bits per heavy atom. The van der Waals surface area contributed by atoms with Crippen LogP contribution in [-0.4, -0.2) is 48.5 Å². The number of carboxylic acid groups (broad SMARTS) is 1. The maximum absolute atomic E-state index is 11.9. The van der Waals surface area contributed by atoms with E-state index in [0.29, 0.717) is 6.54 Å². The molecule has 0 aliphatic carbocycles. The Morgan fingerprint density at radius 1 is 1.38 bits per heavy atom. The Hall–Kier alpha value is -1.40. The standard InChI is InChI=1S/C15H21NO4S/c1-11(2)21(19,20)10-9-16-8-7-12-5-3-4-6-13(12)14(16)15(17)18/h3-6,11,14H,7-10H2,1-2H3,(H,17,18). The molecule has 0 fully saturated rings. The molecule has 0 spiro atoms. The molecule has 116 valence electrons. The van der Waals surface area contributed by atoms with Crippen LogP contribution in [0.2, 0.25) is 0 Å². The fourth-order valence-corrected chi connectivity index (χ4v) is 3.59. The predicted molar refractivity (Wildman–Crippen MR) is 81.0 cm³/mol. The van der Waals surface area contributed by atoms with Crippen LogP contribution >= 0.6 is 0 Å². The van der Waals surface area contributed by atoms with E-state index in [1.54, 1.807) is 18.7 Å². The van der Waals surface area contributed by atoms with E-state index in [9.17, 15) is 18.3 Å². The highest BCUT2D eigenvalue weighted by atomic mass is 32.2. The molecule has 1 aliphatic rings. The summed E-state index contributed by atoms with van der Waals surface area (Å²) in [4.78, 5) is 13.3. The molecule has 1 aromatic carbocycles. The van der Waals surface area contributed by atoms with Crippen molar-refractivity contribution in [1.82, 2.24) is 4.90 Å². The minimum Gasteiger partial charge on any atom is -0.480 e. The van der Waals surface area contributed by atoms with E-state index in [1.165, 1.54) is 0 Å². The summed E-state index contributed by atoms with van der Waals surface area (Å²) >= 11 is 0. The third-order valence-corrected chi connectivity index (χ3v) is 6.19. The van der Waals surface area contributed by atoms with Gasteiger partial charge in [-0.1, -0.05) is 24.3 Å². The number of carbonyl (C=O) groups is 1. The molecule has 0 saturated heterocycles. The lowest BCUT2D eigenvalue weighted by Crippen LogP contribution is -2.42. The van der Waals surface area contributed by atoms with Crippen molar-refractivity contribution in [1.29, 1.82) is 0 Å². The van der Waals surface area contributed by atoms with Crippen LogP contribution in [0.15, 0.2) is 24.3 Å². The first-order chi connectivity index (χ1) is 9.83. The SMILES string of the molecule is CC(C)S(=O)(=O)CCN1CCc2ccccc2C1C(=O)O. The van der Waals surface area contributed by atoms with E-state index in [1.807, 2.05) is 24.3 Å². The average Bonchev–Trinajstić information content (AvgIpc) is 2.43. The zero-order valence-corrected chi connectivity index (χ0v) is 13.1. The maximum Gasteiger partial charge on any atom is 0.325 e. The fraction of sp³-hybridized carbons (Fsp3) is 0.533. The second kappa shape index (κ2) is 6.15. The molecule has 5 nitrogen and oxygen atoms in total. The van der Waals surface area contributed by atoms with Gasteiger partial charge in [0.2, 0.25) is 0 Å². The molecular formula is C15H21NO4S. The van der Waals surface area contributed by atoms with Crippen molar-refractivity contribution in [3.63, 3.8) is 0 Å². The van der Waals surface area contributed by atoms with Crippen LogP contribution < -0.4 is 0 Å². The van der Waals surface area contributed by atoms with Gasteiger partial charge in [-0.15, -0.1) is 0 Å². The largest absolute Gasteiger partial charge is 0.480 e. The van der Waals surface area contributed by atoms with Crippen molar-refractivity contribution < 1.29 is 18.3 Å². The molecule has 6 heteroatoms. The number of nitrogens with zero attached hydrogens (tertiary/aromatic N) is 1. The smallest absolute Gasteiger partial charge is 0.325 e. The topological polar surface area (TPSA) is 74.7 Å². The van der Waals surface area contributed by atoms with Crippen molar-refractivity contribution in [2.75, 3.05) is 18.8 Å². The lowest BCUT2D eigenvalue weighted by Gasteiger charge is -2.34. The maximum atomic E-state index is 11.9. The van der Waals surface area contributed by atoms with E-state index in [0.717, 1.165) is 17.5 Å². The summed E-state index contributed by atoms with van der Waals surface area (Å²) in [5.41, 5.74) is 1.81. The Kier molecular flexibility index (Phi) is 4.68. The molecule has 0 radical (unpaired) electrons. The second-order valence-electron chi connectivity index (χ2n) is 5.64. The first-order valence-corrected chi connectivity index (χ1v) is 8.80. The quantitative estimate of drug-likeness (QED) is 0.892. The third kappa shape index (κ3) is 3.44. The Bertz CT molecular complexity index is 624. The summed E-state index contributed by atoms with van der Waals surface area (Å²) in [6.45, 7) is 4.12. The second-order valence-corrected chi connectivity index (χ2v) is 8.32. The van der Waals surface area contributed by atoms with Crippen molar-refractivity contribution in [3.05, 3.63) is 35.4 Å². The minimum absolute atomic E-state index is 0.00336. The molecule has 1 N–H and O–H groups in total. The van der Waals surface area contributed by atoms with Gasteiger partial charge >= 0.3 is 5.97 Å². The van der Waals surface area contributed by atoms with Crippen LogP contribution in [0.1, 0.15) is 31.0 Å². The number of sulfone groups is 1. The first kappa shape index (κ1) is 16.0. The molecule has 1 aromatic rings. The summed E-state index contributed by atoms with van der Waals surface area (Å²) in [6.07, 6.45) is 0.752. The van der Waals surface area contributed by atoms with E-state index in [2.05, 4.69) is 0 Å². The Balaban J connectivity index is 2.20. The molecule has 1 unspecified atom stereocenters. The fourth-order valence-electron chi connectivity index (χ4n) is 2.63. The third-order valence-electron chi connectivity index (χ3n) is 4.00. The minimum atomic E-state index is -3.16. The van der Waals surface area contributed by atoms with E-state index in [-0.39, 0.29) is 12.3 Å². The van der Waals surface area contributed by atoms with Gasteiger partial charge in [0.15, 0.2) is 9.84 Å². The number of aliphatic carboxylic acids is 1. The van der Waals surface area contributed by atoms with E-state index in [4.69, 9.17) is 0 Å². The predicted octanol–water partition coefficient (Wildman–Crippen LogP) is 1.49. The summed E-state index contributed by atoms with van der Waals surface area (Å²) in [7, 11) is -3.16. The monoisotopic (exact) mass is 311 g/mol. The molecular weight excluding hydrogens is 290 g/mol. The van der Waals surface area contributed by atoms with Crippen molar-refractivity contribution in [2.45, 2.75) is 31.6 Å². The molecule has 21 heavy (non-hydrogen) atoms. The number of rotatable bonds is 5. The molecule has 0 amide bonds. The highest BCUT2D eigenvalue weighted by molar-refractivity contribution is 7.92. The molecule has 2 rings (SSSR count). The number of hydrogen-bond acceptors (Lipinski definition) is 4. The Morgan fingerprint density at radius 3 is 2.67 bits per heavy atom. The summed E-state index contributed by atoms with van der Waals surface area (Å²) in [5.74, 6) is -0.930. The average molecular weight is 311 g/mol. The van der Waals surface area contributed by atoms with Gasteiger partial charge < -0.3 is 5.11 Å². The van der Waals surface area contributed by atoms with Crippen LogP contribution in [0, 0.1) is 0 Å². The van der Waals surface area contributed by atoms with Gasteiger partial charge in [0.1, 0.15) is 6.04 Å².